The number of hydrogen-bond donors (Lipinski definition) is 0. The number of carbonyl (C=O) groups excluding carboxylic acids is 1. The third kappa shape index (κ3) is 2.93. The van der Waals surface area contributed by atoms with Crippen LogP contribution in [0, 0.1) is 18.3 Å². The van der Waals surface area contributed by atoms with Crippen LogP contribution < -0.4 is 5.56 Å². The molecule has 0 atom stereocenters. The quantitative estimate of drug-likeness (QED) is 0.773. The summed E-state index contributed by atoms with van der Waals surface area (Å²) in [6.45, 7) is 1.65. The van der Waals surface area contributed by atoms with Crippen molar-refractivity contribution in [2.24, 2.45) is 0 Å². The summed E-state index contributed by atoms with van der Waals surface area (Å²) in [5, 5.41) is 12.7. The minimum atomic E-state index is -0.312. The van der Waals surface area contributed by atoms with Gasteiger partial charge in [-0.1, -0.05) is 12.1 Å². The van der Waals surface area contributed by atoms with Crippen molar-refractivity contribution in [3.63, 3.8) is 0 Å². The van der Waals surface area contributed by atoms with Gasteiger partial charge in [0.25, 0.3) is 5.56 Å². The van der Waals surface area contributed by atoms with E-state index in [1.807, 2.05) is 6.07 Å². The molecule has 2 aromatic rings. The molecule has 0 saturated carbocycles. The molecule has 0 N–H and O–H groups in total. The van der Waals surface area contributed by atoms with Crippen LogP contribution in [-0.4, -0.2) is 15.6 Å². The van der Waals surface area contributed by atoms with Crippen molar-refractivity contribution < 1.29 is 4.79 Å². The third-order valence-corrected chi connectivity index (χ3v) is 2.63. The number of rotatable bonds is 3. The highest BCUT2D eigenvalue weighted by molar-refractivity contribution is 5.95. The van der Waals surface area contributed by atoms with Crippen LogP contribution in [0.4, 0.5) is 0 Å². The lowest BCUT2D eigenvalue weighted by molar-refractivity contribution is 0.0965. The minimum absolute atomic E-state index is 0.105. The summed E-state index contributed by atoms with van der Waals surface area (Å²) in [4.78, 5) is 23.5. The topological polar surface area (TPSA) is 75.8 Å². The summed E-state index contributed by atoms with van der Waals surface area (Å²) in [5.41, 5.74) is 1.30. The Labute approximate surface area is 109 Å². The molecule has 0 fully saturated rings. The van der Waals surface area contributed by atoms with Crippen LogP contribution in [0.5, 0.6) is 0 Å². The molecule has 1 aromatic heterocycles. The number of benzene rings is 1. The molecule has 1 aromatic carbocycles. The number of nitriles is 1. The van der Waals surface area contributed by atoms with Crippen molar-refractivity contribution in [3.8, 4) is 6.07 Å². The number of carbonyl (C=O) groups is 1. The Morgan fingerprint density at radius 2 is 1.95 bits per heavy atom. The highest BCUT2D eigenvalue weighted by Gasteiger charge is 2.08. The van der Waals surface area contributed by atoms with Gasteiger partial charge in [-0.3, -0.25) is 9.59 Å². The Balaban J connectivity index is 2.23. The predicted octanol–water partition coefficient (Wildman–Crippen LogP) is 1.31. The van der Waals surface area contributed by atoms with E-state index >= 15 is 0 Å². The standard InChI is InChI=1S/C14H11N3O2/c1-10-2-7-14(19)17(16-10)9-13(18)12-5-3-11(8-15)4-6-12/h2-7H,9H2,1H3. The smallest absolute Gasteiger partial charge is 0.267 e. The van der Waals surface area contributed by atoms with E-state index < -0.39 is 0 Å². The Morgan fingerprint density at radius 1 is 1.26 bits per heavy atom. The maximum atomic E-state index is 12.0. The van der Waals surface area contributed by atoms with Gasteiger partial charge in [0.15, 0.2) is 5.78 Å². The second-order valence-corrected chi connectivity index (χ2v) is 4.08. The van der Waals surface area contributed by atoms with E-state index in [2.05, 4.69) is 5.10 Å². The highest BCUT2D eigenvalue weighted by Crippen LogP contribution is 2.05. The van der Waals surface area contributed by atoms with Gasteiger partial charge in [-0.05, 0) is 25.1 Å². The fraction of sp³-hybridized carbons (Fsp3) is 0.143. The number of ketones is 1. The fourth-order valence-electron chi connectivity index (χ4n) is 1.62. The van der Waals surface area contributed by atoms with Gasteiger partial charge in [0, 0.05) is 11.6 Å². The van der Waals surface area contributed by atoms with E-state index in [1.165, 1.54) is 6.07 Å². The average molecular weight is 253 g/mol. The molecule has 0 aliphatic heterocycles. The van der Waals surface area contributed by atoms with Gasteiger partial charge in [0.2, 0.25) is 0 Å². The lowest BCUT2D eigenvalue weighted by Gasteiger charge is -2.04. The summed E-state index contributed by atoms with van der Waals surface area (Å²) < 4.78 is 1.13. The van der Waals surface area contributed by atoms with Crippen molar-refractivity contribution in [1.82, 2.24) is 9.78 Å². The van der Waals surface area contributed by atoms with Crippen molar-refractivity contribution >= 4 is 5.78 Å². The van der Waals surface area contributed by atoms with Gasteiger partial charge in [-0.15, -0.1) is 0 Å². The molecule has 5 heteroatoms. The van der Waals surface area contributed by atoms with E-state index in [4.69, 9.17) is 5.26 Å². The van der Waals surface area contributed by atoms with Gasteiger partial charge in [0.1, 0.15) is 6.54 Å². The average Bonchev–Trinajstić information content (AvgIpc) is 2.43. The molecule has 94 valence electrons. The SMILES string of the molecule is Cc1ccc(=O)n(CC(=O)c2ccc(C#N)cc2)n1. The monoisotopic (exact) mass is 253 g/mol. The fourth-order valence-corrected chi connectivity index (χ4v) is 1.62. The van der Waals surface area contributed by atoms with Gasteiger partial charge in [-0.2, -0.15) is 10.4 Å². The summed E-state index contributed by atoms with van der Waals surface area (Å²) >= 11 is 0. The summed E-state index contributed by atoms with van der Waals surface area (Å²) in [6.07, 6.45) is 0. The van der Waals surface area contributed by atoms with Gasteiger partial charge in [-0.25, -0.2) is 4.68 Å². The van der Waals surface area contributed by atoms with Crippen LogP contribution in [0.25, 0.3) is 0 Å². The third-order valence-electron chi connectivity index (χ3n) is 2.63. The molecule has 0 aliphatic rings. The molecule has 0 unspecified atom stereocenters. The molecule has 19 heavy (non-hydrogen) atoms. The molecule has 5 nitrogen and oxygen atoms in total. The lowest BCUT2D eigenvalue weighted by atomic mass is 10.1. The summed E-state index contributed by atoms with van der Waals surface area (Å²) in [5.74, 6) is -0.218. The number of aryl methyl sites for hydroxylation is 1. The molecule has 0 saturated heterocycles. The van der Waals surface area contributed by atoms with E-state index in [9.17, 15) is 9.59 Å². The Morgan fingerprint density at radius 3 is 2.58 bits per heavy atom. The molecule has 1 heterocycles. The minimum Gasteiger partial charge on any atom is -0.292 e. The molecule has 2 rings (SSSR count). The zero-order chi connectivity index (χ0) is 13.8. The number of nitrogens with zero attached hydrogens (tertiary/aromatic N) is 3. The number of hydrogen-bond acceptors (Lipinski definition) is 4. The number of Topliss-reactive ketones (excluding diaryl/α,β-unsaturated/α-hetero) is 1. The van der Waals surface area contributed by atoms with Gasteiger partial charge < -0.3 is 0 Å². The van der Waals surface area contributed by atoms with E-state index in [0.717, 1.165) is 4.68 Å². The van der Waals surface area contributed by atoms with Crippen LogP contribution in [-0.2, 0) is 6.54 Å². The highest BCUT2D eigenvalue weighted by atomic mass is 16.1. The first-order chi connectivity index (χ1) is 9.10. The molecule has 0 radical (unpaired) electrons. The Bertz CT molecular complexity index is 709. The van der Waals surface area contributed by atoms with Crippen molar-refractivity contribution in [3.05, 3.63) is 63.6 Å². The van der Waals surface area contributed by atoms with Crippen molar-refractivity contribution in [1.29, 1.82) is 5.26 Å². The zero-order valence-corrected chi connectivity index (χ0v) is 10.3. The molecule has 0 amide bonds. The molecular weight excluding hydrogens is 242 g/mol. The normalized spacial score (nSPS) is 9.89. The van der Waals surface area contributed by atoms with Crippen molar-refractivity contribution in [2.45, 2.75) is 13.5 Å². The van der Waals surface area contributed by atoms with Crippen LogP contribution in [0.1, 0.15) is 21.6 Å². The number of aromatic nitrogens is 2. The van der Waals surface area contributed by atoms with Crippen LogP contribution in [0.2, 0.25) is 0 Å². The van der Waals surface area contributed by atoms with Crippen LogP contribution in [0.3, 0.4) is 0 Å². The maximum Gasteiger partial charge on any atom is 0.267 e. The first-order valence-electron chi connectivity index (χ1n) is 5.68. The first-order valence-corrected chi connectivity index (χ1v) is 5.68. The Hall–Kier alpha value is -2.74. The second-order valence-electron chi connectivity index (χ2n) is 4.08. The van der Waals surface area contributed by atoms with Gasteiger partial charge >= 0.3 is 0 Å². The zero-order valence-electron chi connectivity index (χ0n) is 10.3. The van der Waals surface area contributed by atoms with Gasteiger partial charge in [0.05, 0.1) is 17.3 Å². The van der Waals surface area contributed by atoms with E-state index in [-0.39, 0.29) is 17.9 Å². The van der Waals surface area contributed by atoms with Crippen LogP contribution in [0.15, 0.2) is 41.2 Å². The Kier molecular flexibility index (Phi) is 3.53. The van der Waals surface area contributed by atoms with Crippen molar-refractivity contribution in [2.75, 3.05) is 0 Å². The maximum absolute atomic E-state index is 12.0. The van der Waals surface area contributed by atoms with E-state index in [1.54, 1.807) is 37.3 Å². The largest absolute Gasteiger partial charge is 0.292 e. The predicted molar refractivity (Wildman–Crippen MR) is 68.7 cm³/mol. The lowest BCUT2D eigenvalue weighted by Crippen LogP contribution is -2.26. The molecule has 0 spiro atoms. The molecule has 0 bridgehead atoms. The second kappa shape index (κ2) is 5.27. The van der Waals surface area contributed by atoms with Crippen LogP contribution >= 0.6 is 0 Å². The van der Waals surface area contributed by atoms with E-state index in [0.29, 0.717) is 16.8 Å². The first kappa shape index (κ1) is 12.7. The molecule has 0 aliphatic carbocycles. The summed E-state index contributed by atoms with van der Waals surface area (Å²) in [6, 6.07) is 11.2. The molecular formula is C14H11N3O2. The summed E-state index contributed by atoms with van der Waals surface area (Å²) in [7, 11) is 0.